The number of fused-ring (bicyclic) bond motifs is 1. The molecule has 0 atom stereocenters. The molecule has 0 aliphatic heterocycles. The van der Waals surface area contributed by atoms with Crippen LogP contribution >= 0.6 is 0 Å². The minimum atomic E-state index is 0.460. The molecule has 0 amide bonds. The molecule has 126 valence electrons. The van der Waals surface area contributed by atoms with Crippen LogP contribution in [0.2, 0.25) is 0 Å². The molecule has 4 aromatic rings. The number of aromatic nitrogens is 5. The lowest BCUT2D eigenvalue weighted by atomic mass is 10.1. The Morgan fingerprint density at radius 2 is 2.16 bits per heavy atom. The molecule has 0 fully saturated rings. The molecule has 0 radical (unpaired) electrons. The highest BCUT2D eigenvalue weighted by Gasteiger charge is 2.12. The van der Waals surface area contributed by atoms with E-state index in [4.69, 9.17) is 10.5 Å². The van der Waals surface area contributed by atoms with Gasteiger partial charge in [0.05, 0.1) is 30.2 Å². The van der Waals surface area contributed by atoms with Crippen molar-refractivity contribution in [3.63, 3.8) is 0 Å². The van der Waals surface area contributed by atoms with E-state index >= 15 is 0 Å². The largest absolute Gasteiger partial charge is 0.478 e. The lowest BCUT2D eigenvalue weighted by molar-refractivity contribution is 0.393. The van der Waals surface area contributed by atoms with Crippen LogP contribution < -0.4 is 15.8 Å². The number of para-hydroxylation sites is 1. The molecule has 4 N–H and O–H groups in total. The van der Waals surface area contributed by atoms with E-state index in [2.05, 4.69) is 25.4 Å². The van der Waals surface area contributed by atoms with Crippen LogP contribution in [-0.2, 0) is 7.05 Å². The van der Waals surface area contributed by atoms with Gasteiger partial charge in [-0.1, -0.05) is 12.1 Å². The number of anilines is 3. The summed E-state index contributed by atoms with van der Waals surface area (Å²) in [5.74, 6) is 0.943. The van der Waals surface area contributed by atoms with E-state index in [0.29, 0.717) is 23.2 Å². The lowest BCUT2D eigenvalue weighted by Gasteiger charge is -2.05. The van der Waals surface area contributed by atoms with Crippen molar-refractivity contribution < 1.29 is 4.74 Å². The first-order valence-electron chi connectivity index (χ1n) is 7.69. The maximum atomic E-state index is 6.01. The Morgan fingerprint density at radius 1 is 1.28 bits per heavy atom. The van der Waals surface area contributed by atoms with Gasteiger partial charge in [-0.2, -0.15) is 0 Å². The summed E-state index contributed by atoms with van der Waals surface area (Å²) >= 11 is 0. The standard InChI is InChI=1S/C17H17N7O/c1-24-9-14(16(23-24)25-2)22-17-19-7-6-13(21-17)11-8-20-15-10(11)4-3-5-12(15)18/h3-9,20H,18H2,1-2H3,(H,19,21,22). The van der Waals surface area contributed by atoms with Crippen LogP contribution in [0.15, 0.2) is 42.9 Å². The number of nitrogen functional groups attached to an aromatic ring is 1. The van der Waals surface area contributed by atoms with Crippen LogP contribution in [-0.4, -0.2) is 31.8 Å². The van der Waals surface area contributed by atoms with E-state index in [1.807, 2.05) is 37.5 Å². The number of hydrogen-bond donors (Lipinski definition) is 3. The molecular formula is C17H17N7O. The Hall–Kier alpha value is -3.55. The summed E-state index contributed by atoms with van der Waals surface area (Å²) in [4.78, 5) is 12.1. The quantitative estimate of drug-likeness (QED) is 0.495. The van der Waals surface area contributed by atoms with Gasteiger partial charge in [-0.3, -0.25) is 4.68 Å². The van der Waals surface area contributed by atoms with E-state index < -0.39 is 0 Å². The highest BCUT2D eigenvalue weighted by Crippen LogP contribution is 2.31. The average molecular weight is 335 g/mol. The smallest absolute Gasteiger partial charge is 0.256 e. The van der Waals surface area contributed by atoms with Crippen molar-refractivity contribution in [3.05, 3.63) is 42.9 Å². The fourth-order valence-electron chi connectivity index (χ4n) is 2.78. The van der Waals surface area contributed by atoms with Gasteiger partial charge >= 0.3 is 0 Å². The van der Waals surface area contributed by atoms with Crippen LogP contribution in [0.25, 0.3) is 22.2 Å². The van der Waals surface area contributed by atoms with Crippen LogP contribution in [0.1, 0.15) is 0 Å². The van der Waals surface area contributed by atoms with Crippen molar-refractivity contribution in [2.75, 3.05) is 18.2 Å². The van der Waals surface area contributed by atoms with E-state index in [1.165, 1.54) is 0 Å². The maximum absolute atomic E-state index is 6.01. The topological polar surface area (TPSA) is 107 Å². The summed E-state index contributed by atoms with van der Waals surface area (Å²) in [5, 5.41) is 8.36. The Bertz CT molecular complexity index is 1050. The monoisotopic (exact) mass is 335 g/mol. The summed E-state index contributed by atoms with van der Waals surface area (Å²) in [7, 11) is 3.39. The number of benzene rings is 1. The van der Waals surface area contributed by atoms with Gasteiger partial charge in [-0.05, 0) is 12.1 Å². The molecule has 0 bridgehead atoms. The SMILES string of the molecule is COc1nn(C)cc1Nc1nccc(-c2c[nH]c3c(N)cccc23)n1. The number of methoxy groups -OCH3 is 1. The molecule has 0 aliphatic rings. The molecule has 0 aliphatic carbocycles. The number of hydrogen-bond acceptors (Lipinski definition) is 6. The van der Waals surface area contributed by atoms with Gasteiger partial charge < -0.3 is 20.8 Å². The molecule has 1 aromatic carbocycles. The van der Waals surface area contributed by atoms with Crippen molar-refractivity contribution in [3.8, 4) is 17.1 Å². The summed E-state index contributed by atoms with van der Waals surface area (Å²) in [6, 6.07) is 7.66. The van der Waals surface area contributed by atoms with E-state index in [-0.39, 0.29) is 0 Å². The van der Waals surface area contributed by atoms with E-state index in [0.717, 1.165) is 22.2 Å². The van der Waals surface area contributed by atoms with Gasteiger partial charge in [-0.15, -0.1) is 5.10 Å². The fraction of sp³-hybridized carbons (Fsp3) is 0.118. The molecule has 4 rings (SSSR count). The molecule has 0 spiro atoms. The zero-order valence-electron chi connectivity index (χ0n) is 13.8. The summed E-state index contributed by atoms with van der Waals surface area (Å²) < 4.78 is 6.90. The summed E-state index contributed by atoms with van der Waals surface area (Å²) in [5.41, 5.74) is 10.1. The Balaban J connectivity index is 1.73. The molecule has 3 heterocycles. The molecule has 8 nitrogen and oxygen atoms in total. The second kappa shape index (κ2) is 5.82. The van der Waals surface area contributed by atoms with Gasteiger partial charge in [0.25, 0.3) is 5.88 Å². The third-order valence-electron chi connectivity index (χ3n) is 3.91. The van der Waals surface area contributed by atoms with Crippen molar-refractivity contribution in [1.82, 2.24) is 24.7 Å². The summed E-state index contributed by atoms with van der Waals surface area (Å²) in [6.45, 7) is 0. The Morgan fingerprint density at radius 3 is 3.00 bits per heavy atom. The van der Waals surface area contributed by atoms with E-state index in [9.17, 15) is 0 Å². The minimum absolute atomic E-state index is 0.460. The second-order valence-electron chi connectivity index (χ2n) is 5.59. The van der Waals surface area contributed by atoms with Gasteiger partial charge in [0, 0.05) is 30.4 Å². The number of aromatic amines is 1. The number of nitrogens with zero attached hydrogens (tertiary/aromatic N) is 4. The zero-order chi connectivity index (χ0) is 17.4. The number of nitrogens with two attached hydrogens (primary N) is 1. The van der Waals surface area contributed by atoms with Crippen LogP contribution in [0.3, 0.4) is 0 Å². The highest BCUT2D eigenvalue weighted by atomic mass is 16.5. The van der Waals surface area contributed by atoms with Gasteiger partial charge in [0.1, 0.15) is 5.69 Å². The Labute approximate surface area is 143 Å². The molecule has 0 saturated heterocycles. The first-order valence-corrected chi connectivity index (χ1v) is 7.69. The highest BCUT2D eigenvalue weighted by molar-refractivity contribution is 6.00. The molecule has 0 unspecified atom stereocenters. The number of rotatable bonds is 4. The lowest BCUT2D eigenvalue weighted by Crippen LogP contribution is -1.98. The number of H-pyrrole nitrogens is 1. The molecule has 8 heteroatoms. The van der Waals surface area contributed by atoms with E-state index in [1.54, 1.807) is 24.2 Å². The van der Waals surface area contributed by atoms with Gasteiger partial charge in [0.15, 0.2) is 0 Å². The minimum Gasteiger partial charge on any atom is -0.478 e. The van der Waals surface area contributed by atoms with Crippen molar-refractivity contribution in [2.45, 2.75) is 0 Å². The number of nitrogens with one attached hydrogen (secondary N) is 2. The van der Waals surface area contributed by atoms with Crippen molar-refractivity contribution in [2.24, 2.45) is 7.05 Å². The zero-order valence-corrected chi connectivity index (χ0v) is 13.8. The molecule has 25 heavy (non-hydrogen) atoms. The van der Waals surface area contributed by atoms with Crippen LogP contribution in [0.5, 0.6) is 5.88 Å². The third kappa shape index (κ3) is 2.63. The Kier molecular flexibility index (Phi) is 3.50. The predicted octanol–water partition coefficient (Wildman–Crippen LogP) is 2.69. The van der Waals surface area contributed by atoms with Gasteiger partial charge in [0.2, 0.25) is 5.95 Å². The van der Waals surface area contributed by atoms with Crippen LogP contribution in [0, 0.1) is 0 Å². The first kappa shape index (κ1) is 15.0. The molecule has 0 saturated carbocycles. The first-order chi connectivity index (χ1) is 12.2. The second-order valence-corrected chi connectivity index (χ2v) is 5.59. The van der Waals surface area contributed by atoms with Crippen molar-refractivity contribution in [1.29, 1.82) is 0 Å². The van der Waals surface area contributed by atoms with Crippen LogP contribution in [0.4, 0.5) is 17.3 Å². The van der Waals surface area contributed by atoms with Crippen molar-refractivity contribution >= 4 is 28.2 Å². The maximum Gasteiger partial charge on any atom is 0.256 e. The molecular weight excluding hydrogens is 318 g/mol. The summed E-state index contributed by atoms with van der Waals surface area (Å²) in [6.07, 6.45) is 5.41. The number of aryl methyl sites for hydroxylation is 1. The molecule has 3 aromatic heterocycles. The normalized spacial score (nSPS) is 11.0. The van der Waals surface area contributed by atoms with Gasteiger partial charge in [-0.25, -0.2) is 9.97 Å². The fourth-order valence-corrected chi connectivity index (χ4v) is 2.78. The average Bonchev–Trinajstić information content (AvgIpc) is 3.19. The third-order valence-corrected chi connectivity index (χ3v) is 3.91. The predicted molar refractivity (Wildman–Crippen MR) is 96.8 cm³/mol. The number of ether oxygens (including phenoxy) is 1.